The Morgan fingerprint density at radius 1 is 1.19 bits per heavy atom. The lowest BCUT2D eigenvalue weighted by Crippen LogP contribution is -2.44. The summed E-state index contributed by atoms with van der Waals surface area (Å²) in [5.41, 5.74) is -0.252. The number of hydrogen-bond acceptors (Lipinski definition) is 5. The number of amides is 1. The third-order valence-electron chi connectivity index (χ3n) is 4.88. The molecule has 7 nitrogen and oxygen atoms in total. The molecule has 1 aromatic heterocycles. The van der Waals surface area contributed by atoms with Crippen LogP contribution in [0.2, 0.25) is 0 Å². The highest BCUT2D eigenvalue weighted by atomic mass is 16.5. The van der Waals surface area contributed by atoms with Gasteiger partial charge in [-0.3, -0.25) is 9.59 Å². The van der Waals surface area contributed by atoms with Crippen LogP contribution in [-0.2, 0) is 16.6 Å². The van der Waals surface area contributed by atoms with E-state index < -0.39 is 12.1 Å². The van der Waals surface area contributed by atoms with Gasteiger partial charge in [0.2, 0.25) is 0 Å². The molecule has 1 fully saturated rings. The van der Waals surface area contributed by atoms with Crippen molar-refractivity contribution in [1.29, 1.82) is 0 Å². The monoisotopic (exact) mass is 357 g/mol. The van der Waals surface area contributed by atoms with E-state index in [4.69, 9.17) is 4.74 Å². The van der Waals surface area contributed by atoms with E-state index in [2.05, 4.69) is 12.0 Å². The number of carbonyl (C=O) groups is 2. The van der Waals surface area contributed by atoms with Crippen molar-refractivity contribution < 1.29 is 14.3 Å². The van der Waals surface area contributed by atoms with Crippen molar-refractivity contribution >= 4 is 22.6 Å². The maximum atomic E-state index is 12.6. The summed E-state index contributed by atoms with van der Waals surface area (Å²) in [5, 5.41) is 4.85. The molecule has 0 radical (unpaired) electrons. The van der Waals surface area contributed by atoms with Crippen molar-refractivity contribution in [3.63, 3.8) is 0 Å². The Kier molecular flexibility index (Phi) is 5.06. The van der Waals surface area contributed by atoms with E-state index in [1.54, 1.807) is 36.1 Å². The molecule has 1 aliphatic heterocycles. The number of ether oxygens (including phenoxy) is 1. The van der Waals surface area contributed by atoms with E-state index in [1.165, 1.54) is 7.05 Å². The topological polar surface area (TPSA) is 81.5 Å². The van der Waals surface area contributed by atoms with Gasteiger partial charge in [0.15, 0.2) is 11.8 Å². The third-order valence-corrected chi connectivity index (χ3v) is 4.88. The van der Waals surface area contributed by atoms with Crippen molar-refractivity contribution in [3.8, 4) is 0 Å². The lowest BCUT2D eigenvalue weighted by atomic mass is 9.99. The number of aryl methyl sites for hydroxylation is 1. The van der Waals surface area contributed by atoms with E-state index in [0.717, 1.165) is 17.5 Å². The molecule has 0 saturated carbocycles. The number of benzene rings is 1. The van der Waals surface area contributed by atoms with Gasteiger partial charge in [0.05, 0.1) is 5.39 Å². The van der Waals surface area contributed by atoms with Gasteiger partial charge in [-0.1, -0.05) is 25.1 Å². The zero-order valence-electron chi connectivity index (χ0n) is 15.3. The van der Waals surface area contributed by atoms with Crippen LogP contribution in [0.25, 0.3) is 10.8 Å². The predicted molar refractivity (Wildman–Crippen MR) is 96.8 cm³/mol. The number of likely N-dealkylation sites (tertiary alicyclic amines) is 1. The zero-order valence-corrected chi connectivity index (χ0v) is 15.3. The van der Waals surface area contributed by atoms with Gasteiger partial charge in [-0.25, -0.2) is 9.48 Å². The van der Waals surface area contributed by atoms with Crippen LogP contribution in [-0.4, -0.2) is 45.8 Å². The number of esters is 1. The van der Waals surface area contributed by atoms with E-state index >= 15 is 0 Å². The number of fused-ring (bicyclic) bond motifs is 1. The third kappa shape index (κ3) is 3.47. The van der Waals surface area contributed by atoms with Gasteiger partial charge in [0.25, 0.3) is 11.5 Å². The van der Waals surface area contributed by atoms with Crippen LogP contribution in [0.4, 0.5) is 0 Å². The predicted octanol–water partition coefficient (Wildman–Crippen LogP) is 1.74. The molecule has 7 heteroatoms. The van der Waals surface area contributed by atoms with Gasteiger partial charge in [-0.05, 0) is 31.7 Å². The molecule has 1 aromatic carbocycles. The second-order valence-corrected chi connectivity index (χ2v) is 6.88. The number of aromatic nitrogens is 2. The van der Waals surface area contributed by atoms with Crippen molar-refractivity contribution in [2.45, 2.75) is 32.8 Å². The van der Waals surface area contributed by atoms with Crippen LogP contribution in [0, 0.1) is 5.92 Å². The first-order valence-corrected chi connectivity index (χ1v) is 8.84. The molecule has 3 rings (SSSR count). The van der Waals surface area contributed by atoms with Gasteiger partial charge in [-0.2, -0.15) is 5.10 Å². The molecule has 1 saturated heterocycles. The SMILES string of the molecule is CC1CCN(C(=O)C(C)OC(=O)c2nn(C)c(=O)c3ccccc23)CC1. The van der Waals surface area contributed by atoms with E-state index in [-0.39, 0.29) is 17.2 Å². The number of carbonyl (C=O) groups excluding carboxylic acids is 2. The van der Waals surface area contributed by atoms with Gasteiger partial charge in [0.1, 0.15) is 0 Å². The summed E-state index contributed by atoms with van der Waals surface area (Å²) in [7, 11) is 1.48. The minimum atomic E-state index is -0.895. The van der Waals surface area contributed by atoms with E-state index in [9.17, 15) is 14.4 Å². The van der Waals surface area contributed by atoms with Crippen LogP contribution in [0.15, 0.2) is 29.1 Å². The molecule has 0 bridgehead atoms. The average Bonchev–Trinajstić information content (AvgIpc) is 2.64. The molecule has 26 heavy (non-hydrogen) atoms. The van der Waals surface area contributed by atoms with Crippen LogP contribution in [0.1, 0.15) is 37.2 Å². The Morgan fingerprint density at radius 2 is 1.81 bits per heavy atom. The molecule has 1 atom stereocenters. The molecule has 0 aliphatic carbocycles. The quantitative estimate of drug-likeness (QED) is 0.782. The largest absolute Gasteiger partial charge is 0.448 e. The second-order valence-electron chi connectivity index (χ2n) is 6.88. The average molecular weight is 357 g/mol. The highest BCUT2D eigenvalue weighted by Crippen LogP contribution is 2.18. The fourth-order valence-electron chi connectivity index (χ4n) is 3.20. The summed E-state index contributed by atoms with van der Waals surface area (Å²) < 4.78 is 6.48. The van der Waals surface area contributed by atoms with E-state index in [1.807, 2.05) is 0 Å². The molecule has 0 spiro atoms. The molecular weight excluding hydrogens is 334 g/mol. The maximum Gasteiger partial charge on any atom is 0.360 e. The molecule has 138 valence electrons. The Bertz CT molecular complexity index is 897. The Balaban J connectivity index is 1.80. The summed E-state index contributed by atoms with van der Waals surface area (Å²) in [5.74, 6) is -0.291. The van der Waals surface area contributed by atoms with Gasteiger partial charge in [0, 0.05) is 25.5 Å². The fourth-order valence-corrected chi connectivity index (χ4v) is 3.20. The van der Waals surface area contributed by atoms with Crippen LogP contribution in [0.3, 0.4) is 0 Å². The standard InChI is InChI=1S/C19H23N3O4/c1-12-8-10-22(11-9-12)17(23)13(2)26-19(25)16-14-6-4-5-7-15(14)18(24)21(3)20-16/h4-7,12-13H,8-11H2,1-3H3. The van der Waals surface area contributed by atoms with Crippen molar-refractivity contribution in [2.75, 3.05) is 13.1 Å². The molecule has 0 N–H and O–H groups in total. The van der Waals surface area contributed by atoms with Crippen LogP contribution >= 0.6 is 0 Å². The minimum Gasteiger partial charge on any atom is -0.448 e. The first-order valence-electron chi connectivity index (χ1n) is 8.84. The second kappa shape index (κ2) is 7.27. The summed E-state index contributed by atoms with van der Waals surface area (Å²) in [4.78, 5) is 39.0. The van der Waals surface area contributed by atoms with Crippen molar-refractivity contribution in [3.05, 3.63) is 40.3 Å². The van der Waals surface area contributed by atoms with Crippen LogP contribution in [0.5, 0.6) is 0 Å². The van der Waals surface area contributed by atoms with Crippen LogP contribution < -0.4 is 5.56 Å². The smallest absolute Gasteiger partial charge is 0.360 e. The first-order chi connectivity index (χ1) is 12.4. The lowest BCUT2D eigenvalue weighted by molar-refractivity contribution is -0.141. The van der Waals surface area contributed by atoms with Crippen molar-refractivity contribution in [1.82, 2.24) is 14.7 Å². The molecule has 2 aromatic rings. The molecule has 1 unspecified atom stereocenters. The van der Waals surface area contributed by atoms with Gasteiger partial charge < -0.3 is 9.64 Å². The number of nitrogens with zero attached hydrogens (tertiary/aromatic N) is 3. The molecule has 1 aliphatic rings. The zero-order chi connectivity index (χ0) is 18.8. The number of hydrogen-bond donors (Lipinski definition) is 0. The van der Waals surface area contributed by atoms with Crippen molar-refractivity contribution in [2.24, 2.45) is 13.0 Å². The highest BCUT2D eigenvalue weighted by Gasteiger charge is 2.28. The maximum absolute atomic E-state index is 12.6. The minimum absolute atomic E-state index is 0.0367. The van der Waals surface area contributed by atoms with Gasteiger partial charge in [-0.15, -0.1) is 0 Å². The summed E-state index contributed by atoms with van der Waals surface area (Å²) >= 11 is 0. The normalized spacial score (nSPS) is 16.5. The van der Waals surface area contributed by atoms with Gasteiger partial charge >= 0.3 is 5.97 Å². The first kappa shape index (κ1) is 18.1. The molecule has 1 amide bonds. The molecular formula is C19H23N3O4. The fraction of sp³-hybridized carbons (Fsp3) is 0.474. The summed E-state index contributed by atoms with van der Waals surface area (Å²) in [6.45, 7) is 5.11. The number of piperidine rings is 1. The Morgan fingerprint density at radius 3 is 2.46 bits per heavy atom. The summed E-state index contributed by atoms with van der Waals surface area (Å²) in [6, 6.07) is 6.74. The van der Waals surface area contributed by atoms with E-state index in [0.29, 0.717) is 29.8 Å². The lowest BCUT2D eigenvalue weighted by Gasteiger charge is -2.31. The number of rotatable bonds is 3. The highest BCUT2D eigenvalue weighted by molar-refractivity contribution is 6.02. The Labute approximate surface area is 151 Å². The summed E-state index contributed by atoms with van der Waals surface area (Å²) in [6.07, 6.45) is 1.02. The molecule has 2 heterocycles. The Hall–Kier alpha value is -2.70.